The minimum Gasteiger partial charge on any atom is -0.341 e. The van der Waals surface area contributed by atoms with Crippen molar-refractivity contribution in [3.8, 4) is 6.07 Å². The van der Waals surface area contributed by atoms with Crippen LogP contribution in [0.3, 0.4) is 0 Å². The third-order valence-corrected chi connectivity index (χ3v) is 5.45. The predicted octanol–water partition coefficient (Wildman–Crippen LogP) is 3.78. The molecule has 0 radical (unpaired) electrons. The number of carbonyl (C=O) groups excluding carboxylic acids is 1. The van der Waals surface area contributed by atoms with Gasteiger partial charge >= 0.3 is 6.03 Å². The Labute approximate surface area is 169 Å². The first-order chi connectivity index (χ1) is 14.2. The lowest BCUT2D eigenvalue weighted by atomic mass is 9.96. The van der Waals surface area contributed by atoms with Crippen LogP contribution in [0.25, 0.3) is 11.0 Å². The Hall–Kier alpha value is -3.37. The Morgan fingerprint density at radius 2 is 2.07 bits per heavy atom. The molecule has 0 unspecified atom stereocenters. The molecule has 7 heteroatoms. The molecular weight excluding hydrogens is 364 g/mol. The summed E-state index contributed by atoms with van der Waals surface area (Å²) in [7, 11) is 0. The molecule has 3 N–H and O–H groups in total. The van der Waals surface area contributed by atoms with Gasteiger partial charge in [0.25, 0.3) is 0 Å². The maximum atomic E-state index is 12.4. The molecule has 1 saturated heterocycles. The van der Waals surface area contributed by atoms with Gasteiger partial charge in [-0.15, -0.1) is 0 Å². The molecule has 1 aliphatic rings. The Balaban J connectivity index is 1.43. The van der Waals surface area contributed by atoms with E-state index in [1.165, 1.54) is 0 Å². The topological polar surface area (TPSA) is 96.8 Å². The van der Waals surface area contributed by atoms with Crippen molar-refractivity contribution in [3.63, 3.8) is 0 Å². The Morgan fingerprint density at radius 1 is 1.28 bits per heavy atom. The number of carbonyl (C=O) groups is 1. The molecule has 1 fully saturated rings. The van der Waals surface area contributed by atoms with Crippen LogP contribution in [0.1, 0.15) is 37.2 Å². The maximum Gasteiger partial charge on any atom is 0.319 e. The lowest BCUT2D eigenvalue weighted by Gasteiger charge is -2.38. The average molecular weight is 388 g/mol. The second-order valence-corrected chi connectivity index (χ2v) is 7.29. The van der Waals surface area contributed by atoms with E-state index in [1.807, 2.05) is 24.3 Å². The second kappa shape index (κ2) is 8.33. The van der Waals surface area contributed by atoms with Gasteiger partial charge in [-0.25, -0.2) is 9.78 Å². The number of benzene rings is 2. The quantitative estimate of drug-likeness (QED) is 0.634. The smallest absolute Gasteiger partial charge is 0.319 e. The molecule has 2 atom stereocenters. The van der Waals surface area contributed by atoms with Gasteiger partial charge in [-0.2, -0.15) is 5.26 Å². The molecule has 4 rings (SSSR count). The normalized spacial score (nSPS) is 19.6. The SMILES string of the molecule is CCN1CC[C@@H](NC(=O)Nc2ccc(C#N)cc2)C[C@@H]1c1nc2ccccc2[nH]1. The van der Waals surface area contributed by atoms with Gasteiger partial charge in [0.05, 0.1) is 28.7 Å². The van der Waals surface area contributed by atoms with E-state index >= 15 is 0 Å². The van der Waals surface area contributed by atoms with Gasteiger partial charge in [0.2, 0.25) is 0 Å². The summed E-state index contributed by atoms with van der Waals surface area (Å²) < 4.78 is 0. The number of hydrogen-bond acceptors (Lipinski definition) is 4. The number of aromatic amines is 1. The van der Waals surface area contributed by atoms with E-state index in [4.69, 9.17) is 10.2 Å². The van der Waals surface area contributed by atoms with Gasteiger partial charge in [-0.05, 0) is 55.8 Å². The fourth-order valence-corrected chi connectivity index (χ4v) is 3.92. The van der Waals surface area contributed by atoms with E-state index < -0.39 is 0 Å². The van der Waals surface area contributed by atoms with E-state index in [-0.39, 0.29) is 18.1 Å². The van der Waals surface area contributed by atoms with E-state index in [9.17, 15) is 4.79 Å². The van der Waals surface area contributed by atoms with Crippen LogP contribution in [0.4, 0.5) is 10.5 Å². The molecule has 1 aliphatic heterocycles. The molecular formula is C22H24N6O. The number of nitrogens with zero attached hydrogens (tertiary/aromatic N) is 3. The Kier molecular flexibility index (Phi) is 5.45. The first kappa shape index (κ1) is 19.0. The number of para-hydroxylation sites is 2. The van der Waals surface area contributed by atoms with Crippen LogP contribution in [0.2, 0.25) is 0 Å². The van der Waals surface area contributed by atoms with Crippen molar-refractivity contribution in [2.75, 3.05) is 18.4 Å². The Morgan fingerprint density at radius 3 is 2.79 bits per heavy atom. The number of nitriles is 1. The number of nitrogens with one attached hydrogen (secondary N) is 3. The van der Waals surface area contributed by atoms with Crippen LogP contribution < -0.4 is 10.6 Å². The highest BCUT2D eigenvalue weighted by atomic mass is 16.2. The lowest BCUT2D eigenvalue weighted by Crippen LogP contribution is -2.47. The number of anilines is 1. The van der Waals surface area contributed by atoms with E-state index in [0.717, 1.165) is 42.8 Å². The molecule has 2 heterocycles. The fourth-order valence-electron chi connectivity index (χ4n) is 3.92. The molecule has 1 aromatic heterocycles. The number of amides is 2. The summed E-state index contributed by atoms with van der Waals surface area (Å²) in [5.74, 6) is 0.951. The van der Waals surface area contributed by atoms with Crippen LogP contribution >= 0.6 is 0 Å². The summed E-state index contributed by atoms with van der Waals surface area (Å²) in [5, 5.41) is 14.8. The molecule has 7 nitrogen and oxygen atoms in total. The van der Waals surface area contributed by atoms with Gasteiger partial charge in [0, 0.05) is 18.3 Å². The predicted molar refractivity (Wildman–Crippen MR) is 112 cm³/mol. The first-order valence-electron chi connectivity index (χ1n) is 9.92. The summed E-state index contributed by atoms with van der Waals surface area (Å²) in [6.07, 6.45) is 1.69. The van der Waals surface area contributed by atoms with Crippen molar-refractivity contribution in [2.45, 2.75) is 31.8 Å². The van der Waals surface area contributed by atoms with Crippen molar-refractivity contribution < 1.29 is 4.79 Å². The zero-order chi connectivity index (χ0) is 20.2. The van der Waals surface area contributed by atoms with Gasteiger partial charge < -0.3 is 15.6 Å². The zero-order valence-corrected chi connectivity index (χ0v) is 16.4. The third kappa shape index (κ3) is 4.23. The molecule has 148 valence electrons. The van der Waals surface area contributed by atoms with Gasteiger partial charge in [0.15, 0.2) is 0 Å². The lowest BCUT2D eigenvalue weighted by molar-refractivity contribution is 0.129. The van der Waals surface area contributed by atoms with Crippen LogP contribution in [-0.2, 0) is 0 Å². The molecule has 0 aliphatic carbocycles. The highest BCUT2D eigenvalue weighted by molar-refractivity contribution is 5.89. The van der Waals surface area contributed by atoms with Crippen molar-refractivity contribution in [2.24, 2.45) is 0 Å². The number of aromatic nitrogens is 2. The number of H-pyrrole nitrogens is 1. The third-order valence-electron chi connectivity index (χ3n) is 5.45. The molecule has 0 spiro atoms. The standard InChI is InChI=1S/C22H24N6O/c1-2-28-12-11-17(25-22(29)24-16-9-7-15(14-23)8-10-16)13-20(28)21-26-18-5-3-4-6-19(18)27-21/h3-10,17,20H,2,11-13H2,1H3,(H,26,27)(H2,24,25,29)/t17-,20-/m1/s1. The molecule has 3 aromatic rings. The molecule has 2 amide bonds. The van der Waals surface area contributed by atoms with Gasteiger partial charge in [0.1, 0.15) is 5.82 Å². The highest BCUT2D eigenvalue weighted by Gasteiger charge is 2.31. The van der Waals surface area contributed by atoms with Gasteiger partial charge in [-0.1, -0.05) is 19.1 Å². The molecule has 0 saturated carbocycles. The average Bonchev–Trinajstić information content (AvgIpc) is 3.18. The van der Waals surface area contributed by atoms with Crippen LogP contribution in [0.5, 0.6) is 0 Å². The van der Waals surface area contributed by atoms with Crippen molar-refractivity contribution in [1.82, 2.24) is 20.2 Å². The minimum absolute atomic E-state index is 0.0643. The number of hydrogen-bond donors (Lipinski definition) is 3. The summed E-state index contributed by atoms with van der Waals surface area (Å²) >= 11 is 0. The van der Waals surface area contributed by atoms with Crippen molar-refractivity contribution in [3.05, 3.63) is 59.9 Å². The monoisotopic (exact) mass is 388 g/mol. The Bertz CT molecular complexity index is 1000. The number of urea groups is 1. The van der Waals surface area contributed by atoms with E-state index in [2.05, 4.69) is 33.5 Å². The van der Waals surface area contributed by atoms with Crippen molar-refractivity contribution >= 4 is 22.8 Å². The van der Waals surface area contributed by atoms with Gasteiger partial charge in [-0.3, -0.25) is 4.90 Å². The van der Waals surface area contributed by atoms with E-state index in [1.54, 1.807) is 24.3 Å². The van der Waals surface area contributed by atoms with E-state index in [0.29, 0.717) is 11.3 Å². The molecule has 29 heavy (non-hydrogen) atoms. The molecule has 0 bridgehead atoms. The number of rotatable bonds is 4. The number of likely N-dealkylation sites (tertiary alicyclic amines) is 1. The van der Waals surface area contributed by atoms with Crippen LogP contribution in [0, 0.1) is 11.3 Å². The largest absolute Gasteiger partial charge is 0.341 e. The summed E-state index contributed by atoms with van der Waals surface area (Å²) in [6.45, 7) is 3.99. The number of fused-ring (bicyclic) bond motifs is 1. The number of piperidine rings is 1. The minimum atomic E-state index is -0.229. The van der Waals surface area contributed by atoms with Crippen LogP contribution in [-0.4, -0.2) is 40.0 Å². The highest BCUT2D eigenvalue weighted by Crippen LogP contribution is 2.30. The number of imidazole rings is 1. The summed E-state index contributed by atoms with van der Waals surface area (Å²) in [6, 6.07) is 16.9. The summed E-state index contributed by atoms with van der Waals surface area (Å²) in [5.41, 5.74) is 3.23. The fraction of sp³-hybridized carbons (Fsp3) is 0.318. The van der Waals surface area contributed by atoms with Crippen LogP contribution in [0.15, 0.2) is 48.5 Å². The molecule has 2 aromatic carbocycles. The maximum absolute atomic E-state index is 12.4. The first-order valence-corrected chi connectivity index (χ1v) is 9.92. The van der Waals surface area contributed by atoms with Crippen molar-refractivity contribution in [1.29, 1.82) is 5.26 Å². The zero-order valence-electron chi connectivity index (χ0n) is 16.4. The summed E-state index contributed by atoms with van der Waals surface area (Å²) in [4.78, 5) is 23.1. The second-order valence-electron chi connectivity index (χ2n) is 7.29.